The van der Waals surface area contributed by atoms with Gasteiger partial charge in [0.15, 0.2) is 5.82 Å². The molecule has 1 aliphatic heterocycles. The predicted octanol–water partition coefficient (Wildman–Crippen LogP) is 1.92. The highest BCUT2D eigenvalue weighted by Crippen LogP contribution is 2.40. The molecule has 23 heavy (non-hydrogen) atoms. The molecule has 3 heterocycles. The second kappa shape index (κ2) is 5.63. The molecule has 0 spiro atoms. The van der Waals surface area contributed by atoms with E-state index in [1.54, 1.807) is 25.4 Å². The zero-order valence-corrected chi connectivity index (χ0v) is 12.9. The summed E-state index contributed by atoms with van der Waals surface area (Å²) in [6, 6.07) is 5.79. The molecule has 1 saturated heterocycles. The first-order valence-electron chi connectivity index (χ1n) is 7.87. The van der Waals surface area contributed by atoms with Crippen molar-refractivity contribution in [1.29, 1.82) is 5.26 Å². The van der Waals surface area contributed by atoms with Crippen LogP contribution in [0.25, 0.3) is 0 Å². The summed E-state index contributed by atoms with van der Waals surface area (Å²) in [5.41, 5.74) is 0.566. The summed E-state index contributed by atoms with van der Waals surface area (Å²) >= 11 is 0. The topological polar surface area (TPSA) is 90.7 Å². The third-order valence-corrected chi connectivity index (χ3v) is 4.55. The number of rotatable bonds is 4. The van der Waals surface area contributed by atoms with Gasteiger partial charge in [-0.05, 0) is 25.0 Å². The maximum Gasteiger partial charge on any atom is 0.153 e. The zero-order chi connectivity index (χ0) is 15.8. The molecule has 1 N–H and O–H groups in total. The monoisotopic (exact) mass is 310 g/mol. The van der Waals surface area contributed by atoms with E-state index >= 15 is 0 Å². The largest absolute Gasteiger partial charge is 0.380 e. The fourth-order valence-electron chi connectivity index (χ4n) is 3.14. The summed E-state index contributed by atoms with van der Waals surface area (Å²) in [6.07, 6.45) is 4.94. The lowest BCUT2D eigenvalue weighted by Gasteiger charge is -2.24. The van der Waals surface area contributed by atoms with Crippen molar-refractivity contribution in [2.45, 2.75) is 37.3 Å². The van der Waals surface area contributed by atoms with E-state index < -0.39 is 0 Å². The predicted molar refractivity (Wildman–Crippen MR) is 82.8 cm³/mol. The zero-order valence-electron chi connectivity index (χ0n) is 12.9. The SMILES string of the molecule is CO[C@@H]1C[C@@H](c2nc(C3CC3)n[nH]2)N(c2ncccc2C#N)C1. The lowest BCUT2D eigenvalue weighted by atomic mass is 10.1. The van der Waals surface area contributed by atoms with Gasteiger partial charge in [-0.1, -0.05) is 0 Å². The van der Waals surface area contributed by atoms with Crippen LogP contribution in [0.4, 0.5) is 5.82 Å². The van der Waals surface area contributed by atoms with Crippen LogP contribution in [-0.4, -0.2) is 39.9 Å². The molecule has 2 aromatic rings. The quantitative estimate of drug-likeness (QED) is 0.927. The van der Waals surface area contributed by atoms with Gasteiger partial charge in [0.25, 0.3) is 0 Å². The van der Waals surface area contributed by atoms with E-state index in [-0.39, 0.29) is 12.1 Å². The summed E-state index contributed by atoms with van der Waals surface area (Å²) in [5, 5.41) is 16.8. The lowest BCUT2D eigenvalue weighted by Crippen LogP contribution is -2.27. The van der Waals surface area contributed by atoms with Gasteiger partial charge in [0.1, 0.15) is 17.7 Å². The molecule has 118 valence electrons. The number of methoxy groups -OCH3 is 1. The molecule has 0 unspecified atom stereocenters. The van der Waals surface area contributed by atoms with Gasteiger partial charge in [-0.2, -0.15) is 10.4 Å². The fraction of sp³-hybridized carbons (Fsp3) is 0.500. The van der Waals surface area contributed by atoms with Crippen molar-refractivity contribution in [2.24, 2.45) is 0 Å². The minimum absolute atomic E-state index is 0.00181. The van der Waals surface area contributed by atoms with Gasteiger partial charge in [0.05, 0.1) is 17.7 Å². The molecule has 1 aliphatic carbocycles. The first-order chi connectivity index (χ1) is 11.3. The molecular weight excluding hydrogens is 292 g/mol. The standard InChI is InChI=1S/C16H18N6O/c1-23-12-7-13(15-19-14(20-21-15)10-4-5-10)22(9-12)16-11(8-17)3-2-6-18-16/h2-3,6,10,12-13H,4-5,7,9H2,1H3,(H,19,20,21)/t12-,13+/m1/s1. The number of hydrogen-bond acceptors (Lipinski definition) is 6. The second-order valence-electron chi connectivity index (χ2n) is 6.10. The molecule has 2 fully saturated rings. The minimum atomic E-state index is 0.00181. The van der Waals surface area contributed by atoms with E-state index in [9.17, 15) is 5.26 Å². The highest BCUT2D eigenvalue weighted by Gasteiger charge is 2.38. The van der Waals surface area contributed by atoms with E-state index in [1.165, 1.54) is 12.8 Å². The van der Waals surface area contributed by atoms with Crippen LogP contribution in [0, 0.1) is 11.3 Å². The van der Waals surface area contributed by atoms with Crippen molar-refractivity contribution >= 4 is 5.82 Å². The molecular formula is C16H18N6O. The van der Waals surface area contributed by atoms with Crippen LogP contribution >= 0.6 is 0 Å². The maximum absolute atomic E-state index is 9.36. The maximum atomic E-state index is 9.36. The molecule has 0 bridgehead atoms. The summed E-state index contributed by atoms with van der Waals surface area (Å²) in [5.74, 6) is 2.94. The molecule has 0 amide bonds. The summed E-state index contributed by atoms with van der Waals surface area (Å²) < 4.78 is 5.54. The molecule has 1 saturated carbocycles. The summed E-state index contributed by atoms with van der Waals surface area (Å²) in [6.45, 7) is 0.687. The van der Waals surface area contributed by atoms with Crippen molar-refractivity contribution in [2.75, 3.05) is 18.6 Å². The number of nitrogens with zero attached hydrogens (tertiary/aromatic N) is 5. The Morgan fingerprint density at radius 2 is 2.30 bits per heavy atom. The van der Waals surface area contributed by atoms with Gasteiger partial charge in [-0.25, -0.2) is 9.97 Å². The highest BCUT2D eigenvalue weighted by atomic mass is 16.5. The van der Waals surface area contributed by atoms with E-state index in [0.29, 0.717) is 23.8 Å². The summed E-state index contributed by atoms with van der Waals surface area (Å²) in [7, 11) is 1.71. The van der Waals surface area contributed by atoms with Gasteiger partial charge < -0.3 is 9.64 Å². The first-order valence-corrected chi connectivity index (χ1v) is 7.87. The van der Waals surface area contributed by atoms with Gasteiger partial charge >= 0.3 is 0 Å². The Bertz CT molecular complexity index is 747. The van der Waals surface area contributed by atoms with Crippen LogP contribution in [-0.2, 0) is 4.74 Å². The van der Waals surface area contributed by atoms with E-state index in [4.69, 9.17) is 4.74 Å². The van der Waals surface area contributed by atoms with E-state index in [1.807, 2.05) is 0 Å². The van der Waals surface area contributed by atoms with Crippen LogP contribution in [0.3, 0.4) is 0 Å². The van der Waals surface area contributed by atoms with Crippen molar-refractivity contribution in [1.82, 2.24) is 20.2 Å². The number of hydrogen-bond donors (Lipinski definition) is 1. The average molecular weight is 310 g/mol. The molecule has 2 aliphatic rings. The smallest absolute Gasteiger partial charge is 0.153 e. The van der Waals surface area contributed by atoms with Gasteiger partial charge in [-0.15, -0.1) is 0 Å². The third-order valence-electron chi connectivity index (χ3n) is 4.55. The third kappa shape index (κ3) is 2.55. The Labute approximate surface area is 134 Å². The number of pyridine rings is 1. The number of H-pyrrole nitrogens is 1. The fourth-order valence-corrected chi connectivity index (χ4v) is 3.14. The lowest BCUT2D eigenvalue weighted by molar-refractivity contribution is 0.118. The van der Waals surface area contributed by atoms with Crippen LogP contribution in [0.5, 0.6) is 0 Å². The number of nitriles is 1. The number of nitrogens with one attached hydrogen (secondary N) is 1. The number of anilines is 1. The van der Waals surface area contributed by atoms with E-state index in [2.05, 4.69) is 31.1 Å². The van der Waals surface area contributed by atoms with Crippen LogP contribution < -0.4 is 4.90 Å². The normalized spacial score (nSPS) is 23.9. The Morgan fingerprint density at radius 1 is 1.43 bits per heavy atom. The Morgan fingerprint density at radius 3 is 3.04 bits per heavy atom. The van der Waals surface area contributed by atoms with Crippen molar-refractivity contribution in [3.8, 4) is 6.07 Å². The molecule has 7 heteroatoms. The molecule has 0 aromatic carbocycles. The first kappa shape index (κ1) is 14.2. The Kier molecular flexibility index (Phi) is 3.46. The van der Waals surface area contributed by atoms with Crippen molar-refractivity contribution in [3.05, 3.63) is 35.5 Å². The van der Waals surface area contributed by atoms with Crippen LogP contribution in [0.1, 0.15) is 48.4 Å². The average Bonchev–Trinajstić information content (AvgIpc) is 3.17. The molecule has 2 aromatic heterocycles. The van der Waals surface area contributed by atoms with Gasteiger partial charge in [-0.3, -0.25) is 5.10 Å². The van der Waals surface area contributed by atoms with Crippen LogP contribution in [0.2, 0.25) is 0 Å². The molecule has 4 rings (SSSR count). The van der Waals surface area contributed by atoms with Gasteiger partial charge in [0.2, 0.25) is 0 Å². The number of aromatic nitrogens is 4. The molecule has 0 radical (unpaired) electrons. The number of aromatic amines is 1. The minimum Gasteiger partial charge on any atom is -0.380 e. The second-order valence-corrected chi connectivity index (χ2v) is 6.10. The molecule has 7 nitrogen and oxygen atoms in total. The number of ether oxygens (including phenoxy) is 1. The summed E-state index contributed by atoms with van der Waals surface area (Å²) in [4.78, 5) is 11.2. The Balaban J connectivity index is 1.69. The van der Waals surface area contributed by atoms with E-state index in [0.717, 1.165) is 18.1 Å². The van der Waals surface area contributed by atoms with Crippen molar-refractivity contribution < 1.29 is 4.74 Å². The highest BCUT2D eigenvalue weighted by molar-refractivity contribution is 5.55. The Hall–Kier alpha value is -2.46. The van der Waals surface area contributed by atoms with Crippen molar-refractivity contribution in [3.63, 3.8) is 0 Å². The van der Waals surface area contributed by atoms with Gasteiger partial charge in [0, 0.05) is 32.2 Å². The van der Waals surface area contributed by atoms with Crippen LogP contribution in [0.15, 0.2) is 18.3 Å². The molecule has 2 atom stereocenters.